The lowest BCUT2D eigenvalue weighted by molar-refractivity contribution is -0.106. The van der Waals surface area contributed by atoms with E-state index in [0.717, 1.165) is 6.29 Å². The molecule has 0 saturated heterocycles. The van der Waals surface area contributed by atoms with E-state index in [1.54, 1.807) is 6.92 Å². The third-order valence-corrected chi connectivity index (χ3v) is 1.34. The molecule has 0 spiro atoms. The molecule has 2 N–H and O–H groups in total. The van der Waals surface area contributed by atoms with Gasteiger partial charge in [0, 0.05) is 12.2 Å². The van der Waals surface area contributed by atoms with Crippen LogP contribution in [0.2, 0.25) is 0 Å². The number of aldehydes is 2. The second-order valence-corrected chi connectivity index (χ2v) is 2.60. The normalized spacial score (nSPS) is 7.76. The summed E-state index contributed by atoms with van der Waals surface area (Å²) < 4.78 is 4.78. The van der Waals surface area contributed by atoms with Gasteiger partial charge in [0.2, 0.25) is 0 Å². The fourth-order valence-corrected chi connectivity index (χ4v) is 0.768. The number of benzene rings is 1. The summed E-state index contributed by atoms with van der Waals surface area (Å²) in [5, 5.41) is 16.7. The lowest BCUT2D eigenvalue weighted by Crippen LogP contribution is -1.85. The van der Waals surface area contributed by atoms with Gasteiger partial charge in [-0.25, -0.2) is 0 Å². The highest BCUT2D eigenvalue weighted by molar-refractivity contribution is 5.76. The Bertz CT molecular complexity index is 323. The van der Waals surface area contributed by atoms with Gasteiger partial charge in [-0.3, -0.25) is 4.79 Å². The van der Waals surface area contributed by atoms with Crippen molar-refractivity contribution in [2.75, 3.05) is 13.7 Å². The van der Waals surface area contributed by atoms with Crippen molar-refractivity contribution in [1.82, 2.24) is 0 Å². The third-order valence-electron chi connectivity index (χ3n) is 1.34. The van der Waals surface area contributed by atoms with Crippen LogP contribution in [0.15, 0.2) is 18.2 Å². The van der Waals surface area contributed by atoms with Gasteiger partial charge in [-0.2, -0.15) is 0 Å². The second-order valence-electron chi connectivity index (χ2n) is 2.60. The molecule has 0 bridgehead atoms. The van der Waals surface area contributed by atoms with E-state index in [1.165, 1.54) is 32.2 Å². The molecule has 0 aromatic heterocycles. The molecular formula is C12H18O5. The van der Waals surface area contributed by atoms with Gasteiger partial charge >= 0.3 is 0 Å². The van der Waals surface area contributed by atoms with Crippen molar-refractivity contribution in [3.8, 4) is 11.5 Å². The van der Waals surface area contributed by atoms with Crippen molar-refractivity contribution >= 4 is 12.6 Å². The minimum Gasteiger partial charge on any atom is -0.504 e. The number of aromatic hydroxyl groups is 1. The molecule has 0 radical (unpaired) electrons. The fourth-order valence-electron chi connectivity index (χ4n) is 0.768. The number of methoxy groups -OCH3 is 1. The van der Waals surface area contributed by atoms with Crippen molar-refractivity contribution in [1.29, 1.82) is 0 Å². The Kier molecular flexibility index (Phi) is 12.6. The maximum absolute atomic E-state index is 10.2. The minimum atomic E-state index is 0.0399. The van der Waals surface area contributed by atoms with Gasteiger partial charge in [-0.1, -0.05) is 0 Å². The molecule has 5 heteroatoms. The zero-order valence-corrected chi connectivity index (χ0v) is 10.2. The van der Waals surface area contributed by atoms with E-state index in [4.69, 9.17) is 19.7 Å². The molecule has 1 aromatic carbocycles. The van der Waals surface area contributed by atoms with Crippen molar-refractivity contribution in [3.63, 3.8) is 0 Å². The Morgan fingerprint density at radius 2 is 1.82 bits per heavy atom. The lowest BCUT2D eigenvalue weighted by atomic mass is 10.2. The first-order valence-corrected chi connectivity index (χ1v) is 4.93. The fraction of sp³-hybridized carbons (Fsp3) is 0.333. The van der Waals surface area contributed by atoms with Gasteiger partial charge in [0.1, 0.15) is 12.6 Å². The molecule has 0 fully saturated rings. The maximum Gasteiger partial charge on any atom is 0.161 e. The zero-order chi connectivity index (χ0) is 13.7. The quantitative estimate of drug-likeness (QED) is 0.766. The van der Waals surface area contributed by atoms with E-state index in [0.29, 0.717) is 17.6 Å². The molecule has 0 amide bonds. The highest BCUT2D eigenvalue weighted by atomic mass is 16.5. The van der Waals surface area contributed by atoms with Gasteiger partial charge in [-0.15, -0.1) is 0 Å². The minimum absolute atomic E-state index is 0.0399. The standard InChI is InChI=1S/C8H8O3.C2H6O.C2H4O/c1-11-8-4-6(5-9)2-3-7(8)10;2*1-2-3/h2-5,10H,1H3;3H,2H2,1H3;2H,1H3. The van der Waals surface area contributed by atoms with Crippen molar-refractivity contribution in [2.45, 2.75) is 13.8 Å². The number of carbonyl (C=O) groups is 2. The number of rotatable bonds is 2. The van der Waals surface area contributed by atoms with E-state index in [-0.39, 0.29) is 12.4 Å². The van der Waals surface area contributed by atoms with Crippen LogP contribution in [0, 0.1) is 0 Å². The summed E-state index contributed by atoms with van der Waals surface area (Å²) in [6.07, 6.45) is 1.45. The molecule has 0 unspecified atom stereocenters. The summed E-state index contributed by atoms with van der Waals surface area (Å²) in [5.41, 5.74) is 0.486. The van der Waals surface area contributed by atoms with Crippen molar-refractivity contribution < 1.29 is 24.5 Å². The number of phenolic OH excluding ortho intramolecular Hbond substituents is 1. The van der Waals surface area contributed by atoms with Crippen LogP contribution in [-0.4, -0.2) is 36.5 Å². The van der Waals surface area contributed by atoms with Crippen LogP contribution in [0.5, 0.6) is 11.5 Å². The molecule has 5 nitrogen and oxygen atoms in total. The molecule has 0 heterocycles. The van der Waals surface area contributed by atoms with E-state index in [1.807, 2.05) is 0 Å². The predicted molar refractivity (Wildman–Crippen MR) is 64.5 cm³/mol. The maximum atomic E-state index is 10.2. The molecule has 0 saturated carbocycles. The molecule has 0 atom stereocenters. The topological polar surface area (TPSA) is 83.8 Å². The van der Waals surface area contributed by atoms with Crippen LogP contribution < -0.4 is 4.74 Å². The third kappa shape index (κ3) is 9.07. The highest BCUT2D eigenvalue weighted by Crippen LogP contribution is 2.25. The first kappa shape index (κ1) is 17.5. The van der Waals surface area contributed by atoms with Gasteiger partial charge < -0.3 is 19.7 Å². The van der Waals surface area contributed by atoms with E-state index < -0.39 is 0 Å². The molecule has 0 aliphatic heterocycles. The Balaban J connectivity index is 0. The molecule has 96 valence electrons. The molecule has 17 heavy (non-hydrogen) atoms. The molecule has 1 rings (SSSR count). The zero-order valence-electron chi connectivity index (χ0n) is 10.2. The van der Waals surface area contributed by atoms with Crippen LogP contribution in [0.1, 0.15) is 24.2 Å². The summed E-state index contributed by atoms with van der Waals surface area (Å²) in [5.74, 6) is 0.354. The monoisotopic (exact) mass is 242 g/mol. The van der Waals surface area contributed by atoms with E-state index >= 15 is 0 Å². The summed E-state index contributed by atoms with van der Waals surface area (Å²) >= 11 is 0. The SMILES string of the molecule is CC=O.CCO.COc1cc(C=O)ccc1O. The number of aliphatic hydroxyl groups excluding tert-OH is 1. The largest absolute Gasteiger partial charge is 0.504 e. The molecular weight excluding hydrogens is 224 g/mol. The summed E-state index contributed by atoms with van der Waals surface area (Å²) in [6.45, 7) is 3.38. The van der Waals surface area contributed by atoms with Crippen molar-refractivity contribution in [2.24, 2.45) is 0 Å². The molecule has 0 aliphatic rings. The first-order valence-electron chi connectivity index (χ1n) is 4.93. The van der Waals surface area contributed by atoms with Crippen LogP contribution in [-0.2, 0) is 4.79 Å². The molecule has 1 aromatic rings. The summed E-state index contributed by atoms with van der Waals surface area (Å²) in [7, 11) is 1.43. The number of aliphatic hydroxyl groups is 1. The summed E-state index contributed by atoms with van der Waals surface area (Å²) in [4.78, 5) is 19.1. The van der Waals surface area contributed by atoms with Gasteiger partial charge in [-0.05, 0) is 32.0 Å². The lowest BCUT2D eigenvalue weighted by Gasteiger charge is -2.01. The van der Waals surface area contributed by atoms with Crippen LogP contribution in [0.4, 0.5) is 0 Å². The number of hydrogen-bond donors (Lipinski definition) is 2. The van der Waals surface area contributed by atoms with E-state index in [2.05, 4.69) is 0 Å². The smallest absolute Gasteiger partial charge is 0.161 e. The highest BCUT2D eigenvalue weighted by Gasteiger charge is 2.00. The Hall–Kier alpha value is -1.88. The van der Waals surface area contributed by atoms with Crippen LogP contribution >= 0.6 is 0 Å². The second kappa shape index (κ2) is 12.2. The Morgan fingerprint density at radius 3 is 2.18 bits per heavy atom. The average Bonchev–Trinajstić information content (AvgIpc) is 2.32. The summed E-state index contributed by atoms with van der Waals surface area (Å²) in [6, 6.07) is 4.41. The number of carbonyl (C=O) groups excluding carboxylic acids is 2. The first-order chi connectivity index (χ1) is 8.10. The van der Waals surface area contributed by atoms with Gasteiger partial charge in [0.05, 0.1) is 7.11 Å². The van der Waals surface area contributed by atoms with Crippen molar-refractivity contribution in [3.05, 3.63) is 23.8 Å². The van der Waals surface area contributed by atoms with E-state index in [9.17, 15) is 4.79 Å². The van der Waals surface area contributed by atoms with Gasteiger partial charge in [0.25, 0.3) is 0 Å². The Morgan fingerprint density at radius 1 is 1.35 bits per heavy atom. The van der Waals surface area contributed by atoms with Gasteiger partial charge in [0.15, 0.2) is 11.5 Å². The number of phenols is 1. The van der Waals surface area contributed by atoms with Crippen LogP contribution in [0.3, 0.4) is 0 Å². The number of ether oxygens (including phenoxy) is 1. The predicted octanol–water partition coefficient (Wildman–Crippen LogP) is 1.42. The molecule has 0 aliphatic carbocycles. The average molecular weight is 242 g/mol. The number of hydrogen-bond acceptors (Lipinski definition) is 5. The Labute approximate surface area is 101 Å². The van der Waals surface area contributed by atoms with Crippen LogP contribution in [0.25, 0.3) is 0 Å².